The van der Waals surface area contributed by atoms with Crippen molar-refractivity contribution in [3.8, 4) is 11.5 Å². The molecule has 2 aromatic carbocycles. The lowest BCUT2D eigenvalue weighted by molar-refractivity contribution is -0.125. The molecule has 0 radical (unpaired) electrons. The summed E-state index contributed by atoms with van der Waals surface area (Å²) in [6.07, 6.45) is 2.11. The lowest BCUT2D eigenvalue weighted by Crippen LogP contribution is -2.28. The van der Waals surface area contributed by atoms with Gasteiger partial charge in [0, 0.05) is 6.54 Å². The van der Waals surface area contributed by atoms with Gasteiger partial charge in [0.15, 0.2) is 18.1 Å². The summed E-state index contributed by atoms with van der Waals surface area (Å²) in [5.74, 6) is 0.735. The van der Waals surface area contributed by atoms with Crippen LogP contribution < -0.4 is 14.8 Å². The minimum absolute atomic E-state index is 0.190. The predicted octanol–water partition coefficient (Wildman–Crippen LogP) is 2.98. The Morgan fingerprint density at radius 2 is 1.71 bits per heavy atom. The van der Waals surface area contributed by atoms with E-state index in [0.717, 1.165) is 11.1 Å². The summed E-state index contributed by atoms with van der Waals surface area (Å²) in [5.41, 5.74) is 2.20. The molecule has 0 spiro atoms. The standard InChI is InChI=1S/C23H28N2O6/c1-4-29-20-11-8-17(14-21(20)30-5-2)12-13-24-22(26)16-31-25-15-18-6-9-19(10-7-18)23(27)28-3/h6-11,14-15H,4-5,12-13,16H2,1-3H3,(H,24,26)/b25-15+. The van der Waals surface area contributed by atoms with Gasteiger partial charge in [0.1, 0.15) is 0 Å². The van der Waals surface area contributed by atoms with E-state index in [1.807, 2.05) is 32.0 Å². The highest BCUT2D eigenvalue weighted by atomic mass is 16.6. The van der Waals surface area contributed by atoms with Gasteiger partial charge in [-0.25, -0.2) is 4.79 Å². The molecule has 0 aliphatic heterocycles. The Morgan fingerprint density at radius 3 is 2.39 bits per heavy atom. The van der Waals surface area contributed by atoms with Crippen LogP contribution in [0.5, 0.6) is 11.5 Å². The molecule has 0 saturated heterocycles. The monoisotopic (exact) mass is 428 g/mol. The number of rotatable bonds is 12. The van der Waals surface area contributed by atoms with E-state index in [-0.39, 0.29) is 12.5 Å². The molecule has 1 amide bonds. The predicted molar refractivity (Wildman–Crippen MR) is 117 cm³/mol. The number of benzene rings is 2. The van der Waals surface area contributed by atoms with Crippen molar-refractivity contribution in [1.29, 1.82) is 0 Å². The SMILES string of the molecule is CCOc1ccc(CCNC(=O)CO/N=C/c2ccc(C(=O)OC)cc2)cc1OCC. The molecule has 31 heavy (non-hydrogen) atoms. The van der Waals surface area contributed by atoms with Gasteiger partial charge in [-0.2, -0.15) is 0 Å². The largest absolute Gasteiger partial charge is 0.490 e. The lowest BCUT2D eigenvalue weighted by Gasteiger charge is -2.12. The minimum atomic E-state index is -0.407. The van der Waals surface area contributed by atoms with Gasteiger partial charge in [-0.3, -0.25) is 4.79 Å². The maximum atomic E-state index is 11.9. The molecule has 0 aliphatic rings. The van der Waals surface area contributed by atoms with Crippen LogP contribution in [-0.4, -0.2) is 51.6 Å². The van der Waals surface area contributed by atoms with Crippen LogP contribution in [0.15, 0.2) is 47.6 Å². The highest BCUT2D eigenvalue weighted by Crippen LogP contribution is 2.28. The molecule has 2 aromatic rings. The van der Waals surface area contributed by atoms with Gasteiger partial charge in [-0.05, 0) is 55.7 Å². The normalized spacial score (nSPS) is 10.5. The smallest absolute Gasteiger partial charge is 0.337 e. The molecule has 0 aromatic heterocycles. The molecule has 8 nitrogen and oxygen atoms in total. The molecule has 8 heteroatoms. The highest BCUT2D eigenvalue weighted by molar-refractivity contribution is 5.90. The first kappa shape index (κ1) is 23.7. The number of hydrogen-bond acceptors (Lipinski definition) is 7. The van der Waals surface area contributed by atoms with Crippen molar-refractivity contribution in [3.63, 3.8) is 0 Å². The number of nitrogens with zero attached hydrogens (tertiary/aromatic N) is 1. The first-order valence-electron chi connectivity index (χ1n) is 10.1. The summed E-state index contributed by atoms with van der Waals surface area (Å²) in [6.45, 7) is 5.23. The Morgan fingerprint density at radius 1 is 1.00 bits per heavy atom. The second-order valence-electron chi connectivity index (χ2n) is 6.37. The molecule has 0 saturated carbocycles. The molecule has 2 rings (SSSR count). The van der Waals surface area contributed by atoms with Crippen molar-refractivity contribution in [2.75, 3.05) is 33.5 Å². The number of esters is 1. The van der Waals surface area contributed by atoms with Crippen LogP contribution in [0.4, 0.5) is 0 Å². The van der Waals surface area contributed by atoms with E-state index in [4.69, 9.17) is 14.3 Å². The number of methoxy groups -OCH3 is 1. The van der Waals surface area contributed by atoms with E-state index in [9.17, 15) is 9.59 Å². The molecule has 0 bridgehead atoms. The first-order chi connectivity index (χ1) is 15.1. The molecule has 0 atom stereocenters. The summed E-state index contributed by atoms with van der Waals surface area (Å²) < 4.78 is 15.8. The molecule has 0 fully saturated rings. The Hall–Kier alpha value is -3.55. The van der Waals surface area contributed by atoms with Crippen LogP contribution in [0.3, 0.4) is 0 Å². The minimum Gasteiger partial charge on any atom is -0.490 e. The molecule has 0 heterocycles. The second kappa shape index (κ2) is 12.9. The number of amides is 1. The zero-order chi connectivity index (χ0) is 22.5. The summed E-state index contributed by atoms with van der Waals surface area (Å²) in [6, 6.07) is 12.4. The van der Waals surface area contributed by atoms with E-state index in [1.165, 1.54) is 13.3 Å². The van der Waals surface area contributed by atoms with Gasteiger partial charge in [-0.15, -0.1) is 0 Å². The molecule has 0 aliphatic carbocycles. The zero-order valence-corrected chi connectivity index (χ0v) is 18.1. The summed E-state index contributed by atoms with van der Waals surface area (Å²) in [5, 5.41) is 6.56. The van der Waals surface area contributed by atoms with Gasteiger partial charge in [-0.1, -0.05) is 23.4 Å². The Bertz CT molecular complexity index is 880. The third kappa shape index (κ3) is 8.00. The third-order valence-electron chi connectivity index (χ3n) is 4.15. The topological polar surface area (TPSA) is 95.5 Å². The molecular weight excluding hydrogens is 400 g/mol. The van der Waals surface area contributed by atoms with Crippen molar-refractivity contribution in [2.45, 2.75) is 20.3 Å². The Kier molecular flexibility index (Phi) is 9.87. The number of oxime groups is 1. The van der Waals surface area contributed by atoms with Crippen molar-refractivity contribution < 1.29 is 28.6 Å². The van der Waals surface area contributed by atoms with Crippen LogP contribution in [0, 0.1) is 0 Å². The molecule has 0 unspecified atom stereocenters. The first-order valence-corrected chi connectivity index (χ1v) is 10.1. The average molecular weight is 428 g/mol. The molecule has 166 valence electrons. The van der Waals surface area contributed by atoms with Crippen molar-refractivity contribution in [3.05, 3.63) is 59.2 Å². The van der Waals surface area contributed by atoms with E-state index in [0.29, 0.717) is 43.2 Å². The number of carbonyl (C=O) groups excluding carboxylic acids is 2. The van der Waals surface area contributed by atoms with E-state index in [2.05, 4.69) is 15.2 Å². The van der Waals surface area contributed by atoms with Crippen LogP contribution in [-0.2, 0) is 20.8 Å². The van der Waals surface area contributed by atoms with Crippen LogP contribution in [0.2, 0.25) is 0 Å². The molecule has 1 N–H and O–H groups in total. The Balaban J connectivity index is 1.73. The van der Waals surface area contributed by atoms with Crippen LogP contribution >= 0.6 is 0 Å². The van der Waals surface area contributed by atoms with Gasteiger partial charge in [0.25, 0.3) is 5.91 Å². The van der Waals surface area contributed by atoms with E-state index >= 15 is 0 Å². The quantitative estimate of drug-likeness (QED) is 0.317. The van der Waals surface area contributed by atoms with Crippen molar-refractivity contribution in [1.82, 2.24) is 5.32 Å². The van der Waals surface area contributed by atoms with E-state index < -0.39 is 5.97 Å². The van der Waals surface area contributed by atoms with Crippen molar-refractivity contribution >= 4 is 18.1 Å². The Labute approximate surface area is 182 Å². The summed E-state index contributed by atoms with van der Waals surface area (Å²) in [4.78, 5) is 28.3. The number of carbonyl (C=O) groups is 2. The van der Waals surface area contributed by atoms with Gasteiger partial charge in [0.05, 0.1) is 32.1 Å². The van der Waals surface area contributed by atoms with Crippen LogP contribution in [0.1, 0.15) is 35.3 Å². The highest BCUT2D eigenvalue weighted by Gasteiger charge is 2.07. The number of nitrogens with one attached hydrogen (secondary N) is 1. The van der Waals surface area contributed by atoms with E-state index in [1.54, 1.807) is 24.3 Å². The zero-order valence-electron chi connectivity index (χ0n) is 18.1. The van der Waals surface area contributed by atoms with Crippen molar-refractivity contribution in [2.24, 2.45) is 5.16 Å². The molecular formula is C23H28N2O6. The summed E-state index contributed by atoms with van der Waals surface area (Å²) >= 11 is 0. The maximum Gasteiger partial charge on any atom is 0.337 e. The number of hydrogen-bond donors (Lipinski definition) is 1. The fourth-order valence-corrected chi connectivity index (χ4v) is 2.67. The average Bonchev–Trinajstić information content (AvgIpc) is 2.78. The fraction of sp³-hybridized carbons (Fsp3) is 0.348. The lowest BCUT2D eigenvalue weighted by atomic mass is 10.1. The number of ether oxygens (including phenoxy) is 3. The second-order valence-corrected chi connectivity index (χ2v) is 6.37. The van der Waals surface area contributed by atoms with Crippen LogP contribution in [0.25, 0.3) is 0 Å². The van der Waals surface area contributed by atoms with Gasteiger partial charge >= 0.3 is 5.97 Å². The fourth-order valence-electron chi connectivity index (χ4n) is 2.67. The van der Waals surface area contributed by atoms with Gasteiger partial charge in [0.2, 0.25) is 0 Å². The summed E-state index contributed by atoms with van der Waals surface area (Å²) in [7, 11) is 1.33. The third-order valence-corrected chi connectivity index (χ3v) is 4.15. The maximum absolute atomic E-state index is 11.9. The van der Waals surface area contributed by atoms with Gasteiger partial charge < -0.3 is 24.4 Å².